The zero-order valence-electron chi connectivity index (χ0n) is 18.3. The van der Waals surface area contributed by atoms with Crippen LogP contribution in [0, 0.1) is 6.92 Å². The van der Waals surface area contributed by atoms with Gasteiger partial charge in [0, 0.05) is 1.43 Å². The van der Waals surface area contributed by atoms with Crippen LogP contribution in [0.5, 0.6) is 0 Å². The van der Waals surface area contributed by atoms with Gasteiger partial charge >= 0.3 is 0 Å². The van der Waals surface area contributed by atoms with Gasteiger partial charge in [-0.2, -0.15) is 0 Å². The molecule has 0 radical (unpaired) electrons. The summed E-state index contributed by atoms with van der Waals surface area (Å²) in [5, 5.41) is 0. The third kappa shape index (κ3) is 7.67. The molecule has 0 spiro atoms. The molecule has 1 heteroatoms. The summed E-state index contributed by atoms with van der Waals surface area (Å²) in [5.41, 5.74) is 8.02. The fraction of sp³-hybridized carbons (Fsp3) is 0.207. The minimum atomic E-state index is 0. The Morgan fingerprint density at radius 2 is 1.50 bits per heavy atom. The van der Waals surface area contributed by atoms with Crippen molar-refractivity contribution in [2.45, 2.75) is 40.0 Å². The highest BCUT2D eigenvalue weighted by Gasteiger charge is 1.99. The van der Waals surface area contributed by atoms with Crippen LogP contribution in [0.3, 0.4) is 0 Å². The summed E-state index contributed by atoms with van der Waals surface area (Å²) in [6.45, 7) is 5.75. The molecule has 1 aliphatic rings. The number of rotatable bonds is 3. The summed E-state index contributed by atoms with van der Waals surface area (Å²) in [6.07, 6.45) is 11.0. The van der Waals surface area contributed by atoms with Crippen LogP contribution < -0.4 is 0 Å². The first kappa shape index (κ1) is 23.1. The Morgan fingerprint density at radius 3 is 2.10 bits per heavy atom. The Morgan fingerprint density at radius 1 is 0.833 bits per heavy atom. The molecule has 0 fully saturated rings. The quantitative estimate of drug-likeness (QED) is 0.407. The molecule has 3 aromatic carbocycles. The van der Waals surface area contributed by atoms with E-state index in [2.05, 4.69) is 105 Å². The Balaban J connectivity index is 0.000000268. The number of allylic oxidation sites excluding steroid dienone is 4. The van der Waals surface area contributed by atoms with Gasteiger partial charge in [0.05, 0.1) is 0 Å². The van der Waals surface area contributed by atoms with Crippen molar-refractivity contribution >= 4 is 11.9 Å². The van der Waals surface area contributed by atoms with Crippen LogP contribution in [-0.2, 0) is 11.2 Å². The summed E-state index contributed by atoms with van der Waals surface area (Å²) in [4.78, 5) is 8.81. The highest BCUT2D eigenvalue weighted by atomic mass is 16.1. The van der Waals surface area contributed by atoms with Crippen LogP contribution in [-0.4, -0.2) is 6.29 Å². The smallest absolute Gasteiger partial charge is 0.116 e. The van der Waals surface area contributed by atoms with E-state index in [-0.39, 0.29) is 1.43 Å². The fourth-order valence-electron chi connectivity index (χ4n) is 3.17. The number of benzene rings is 3. The van der Waals surface area contributed by atoms with Gasteiger partial charge in [0.1, 0.15) is 6.29 Å². The maximum atomic E-state index is 8.81. The van der Waals surface area contributed by atoms with E-state index in [1.807, 2.05) is 6.07 Å². The lowest BCUT2D eigenvalue weighted by Gasteiger charge is -2.06. The van der Waals surface area contributed by atoms with Crippen LogP contribution in [0.15, 0.2) is 97.1 Å². The minimum absolute atomic E-state index is 0. The van der Waals surface area contributed by atoms with Gasteiger partial charge in [0.25, 0.3) is 0 Å². The number of carbonyl (C=O) groups excluding carboxylic acids is 1. The predicted octanol–water partition coefficient (Wildman–Crippen LogP) is 8.10. The molecule has 0 saturated carbocycles. The van der Waals surface area contributed by atoms with Crippen LogP contribution in [0.1, 0.15) is 44.8 Å². The van der Waals surface area contributed by atoms with Crippen LogP contribution in [0.2, 0.25) is 0 Å². The molecule has 0 saturated heterocycles. The van der Waals surface area contributed by atoms with Gasteiger partial charge in [0.2, 0.25) is 0 Å². The Labute approximate surface area is 183 Å². The van der Waals surface area contributed by atoms with E-state index in [1.165, 1.54) is 53.2 Å². The molecule has 4 rings (SSSR count). The second-order valence-corrected chi connectivity index (χ2v) is 7.16. The number of hydrogen-bond acceptors (Lipinski definition) is 1. The van der Waals surface area contributed by atoms with Crippen molar-refractivity contribution in [1.82, 2.24) is 0 Å². The molecule has 1 aliphatic carbocycles. The molecule has 0 unspecified atom stereocenters. The van der Waals surface area contributed by atoms with Gasteiger partial charge in [0.15, 0.2) is 0 Å². The van der Waals surface area contributed by atoms with Crippen molar-refractivity contribution in [3.05, 3.63) is 114 Å². The first-order chi connectivity index (χ1) is 14.7. The van der Waals surface area contributed by atoms with Crippen molar-refractivity contribution in [2.75, 3.05) is 0 Å². The van der Waals surface area contributed by atoms with E-state index < -0.39 is 0 Å². The van der Waals surface area contributed by atoms with Crippen molar-refractivity contribution in [2.24, 2.45) is 0 Å². The molecule has 1 nitrogen and oxygen atoms in total. The molecule has 0 aliphatic heterocycles. The third-order valence-corrected chi connectivity index (χ3v) is 4.82. The highest BCUT2D eigenvalue weighted by molar-refractivity contribution is 5.74. The van der Waals surface area contributed by atoms with Gasteiger partial charge in [-0.3, -0.25) is 0 Å². The average Bonchev–Trinajstić information content (AvgIpc) is 2.82. The predicted molar refractivity (Wildman–Crippen MR) is 133 cm³/mol. The van der Waals surface area contributed by atoms with Crippen molar-refractivity contribution in [3.63, 3.8) is 0 Å². The molecular formula is C29H34O. The molecule has 3 aromatic rings. The van der Waals surface area contributed by atoms with Gasteiger partial charge in [-0.15, -0.1) is 0 Å². The number of carbonyl (C=O) groups is 1. The molecule has 156 valence electrons. The van der Waals surface area contributed by atoms with E-state index in [0.29, 0.717) is 0 Å². The van der Waals surface area contributed by atoms with E-state index in [4.69, 9.17) is 4.79 Å². The summed E-state index contributed by atoms with van der Waals surface area (Å²) in [5.74, 6) is 0. The van der Waals surface area contributed by atoms with Gasteiger partial charge in [-0.05, 0) is 60.9 Å². The largest absolute Gasteiger partial charge is 0.304 e. The second kappa shape index (κ2) is 13.1. The molecule has 0 atom stereocenters. The molecule has 0 bridgehead atoms. The second-order valence-electron chi connectivity index (χ2n) is 7.16. The lowest BCUT2D eigenvalue weighted by atomic mass is 9.99. The summed E-state index contributed by atoms with van der Waals surface area (Å²) >= 11 is 0. The van der Waals surface area contributed by atoms with Crippen molar-refractivity contribution < 1.29 is 6.22 Å². The summed E-state index contributed by atoms with van der Waals surface area (Å²) in [7, 11) is 0. The Hall–Kier alpha value is -3.19. The molecule has 0 aromatic heterocycles. The van der Waals surface area contributed by atoms with Gasteiger partial charge in [-0.25, -0.2) is 0 Å². The monoisotopic (exact) mass is 398 g/mol. The zero-order chi connectivity index (χ0) is 21.6. The average molecular weight is 399 g/mol. The maximum absolute atomic E-state index is 8.81. The Bertz CT molecular complexity index is 954. The first-order valence-electron chi connectivity index (χ1n) is 10.7. The normalized spacial score (nSPS) is 11.9. The topological polar surface area (TPSA) is 17.1 Å². The number of hydrogen-bond donors (Lipinski definition) is 0. The van der Waals surface area contributed by atoms with Gasteiger partial charge < -0.3 is 4.79 Å². The maximum Gasteiger partial charge on any atom is 0.116 e. The fourth-order valence-corrected chi connectivity index (χ4v) is 3.17. The van der Waals surface area contributed by atoms with E-state index >= 15 is 0 Å². The van der Waals surface area contributed by atoms with E-state index in [0.717, 1.165) is 12.7 Å². The molecule has 0 N–H and O–H groups in total. The lowest BCUT2D eigenvalue weighted by Crippen LogP contribution is -1.85. The summed E-state index contributed by atoms with van der Waals surface area (Å²) in [6, 6.07) is 27.9. The molecule has 0 heterocycles. The standard InChI is InChI=1S/C14H14.C13H14.C2H4O.H2/c1-2-12-7-6-10-14(11-12)13-8-4-3-5-9-13;1-11-7-9-13(10-8-11)12-5-3-2-4-6-12;1-2-3;/h3-11H,2H2,1H3;3,5-10H,2,4H2,1H3;2H,1H3;1H. The minimum Gasteiger partial charge on any atom is -0.304 e. The molecule has 30 heavy (non-hydrogen) atoms. The third-order valence-electron chi connectivity index (χ3n) is 4.82. The lowest BCUT2D eigenvalue weighted by molar-refractivity contribution is -0.106. The van der Waals surface area contributed by atoms with Crippen molar-refractivity contribution in [3.8, 4) is 11.1 Å². The summed E-state index contributed by atoms with van der Waals surface area (Å²) < 4.78 is 0. The van der Waals surface area contributed by atoms with Gasteiger partial charge in [-0.1, -0.05) is 110 Å². The SMILES string of the molecule is CC=O.CCc1cccc(-c2ccccc2)c1.Cc1ccc(C2=CCCC=C2)cc1.[HH]. The molecule has 0 amide bonds. The van der Waals surface area contributed by atoms with E-state index in [1.54, 1.807) is 0 Å². The Kier molecular flexibility index (Phi) is 10.1. The van der Waals surface area contributed by atoms with Crippen LogP contribution in [0.4, 0.5) is 0 Å². The van der Waals surface area contributed by atoms with Crippen LogP contribution in [0.25, 0.3) is 16.7 Å². The van der Waals surface area contributed by atoms with Crippen molar-refractivity contribution in [1.29, 1.82) is 0 Å². The highest BCUT2D eigenvalue weighted by Crippen LogP contribution is 2.21. The van der Waals surface area contributed by atoms with Crippen LogP contribution >= 0.6 is 0 Å². The molecular weight excluding hydrogens is 364 g/mol. The van der Waals surface area contributed by atoms with E-state index in [9.17, 15) is 0 Å². The number of aldehydes is 1. The first-order valence-corrected chi connectivity index (χ1v) is 10.7. The number of aryl methyl sites for hydroxylation is 2. The zero-order valence-corrected chi connectivity index (χ0v) is 18.3.